The van der Waals surface area contributed by atoms with Crippen molar-refractivity contribution in [1.29, 1.82) is 0 Å². The Morgan fingerprint density at radius 3 is 2.73 bits per heavy atom. The smallest absolute Gasteiger partial charge is 0.216 e. The minimum atomic E-state index is -1.16. The Hall–Kier alpha value is -2.42. The summed E-state index contributed by atoms with van der Waals surface area (Å²) in [7, 11) is -1.16. The van der Waals surface area contributed by atoms with Crippen LogP contribution >= 0.6 is 11.6 Å². The Balaban J connectivity index is 1.90. The number of ether oxygens (including phenoxy) is 1. The van der Waals surface area contributed by atoms with Crippen LogP contribution in [-0.4, -0.2) is 48.2 Å². The molecule has 2 N–H and O–H groups in total. The number of halogens is 1. The van der Waals surface area contributed by atoms with Crippen LogP contribution in [0.5, 0.6) is 0 Å². The molecule has 33 heavy (non-hydrogen) atoms. The third-order valence-electron chi connectivity index (χ3n) is 5.33. The molecule has 0 saturated carbocycles. The van der Waals surface area contributed by atoms with Crippen molar-refractivity contribution in [2.75, 3.05) is 25.0 Å². The van der Waals surface area contributed by atoms with Crippen molar-refractivity contribution in [2.24, 2.45) is 5.92 Å². The van der Waals surface area contributed by atoms with Crippen molar-refractivity contribution in [3.8, 4) is 11.1 Å². The number of anilines is 1. The fraction of sp³-hybridized carbons (Fsp3) is 0.458. The van der Waals surface area contributed by atoms with Crippen LogP contribution in [0.3, 0.4) is 0 Å². The van der Waals surface area contributed by atoms with Gasteiger partial charge in [-0.15, -0.1) is 0 Å². The molecule has 0 fully saturated rings. The van der Waals surface area contributed by atoms with E-state index in [1.165, 1.54) is 6.92 Å². The normalized spacial score (nSPS) is 12.7. The number of hydrogen-bond donors (Lipinski definition) is 2. The van der Waals surface area contributed by atoms with E-state index in [2.05, 4.69) is 53.4 Å². The summed E-state index contributed by atoms with van der Waals surface area (Å²) in [6, 6.07) is 8.90. The van der Waals surface area contributed by atoms with E-state index >= 15 is 0 Å². The molecule has 2 heterocycles. The Labute approximate surface area is 201 Å². The predicted molar refractivity (Wildman–Crippen MR) is 138 cm³/mol. The number of fused-ring (bicyclic) bond motifs is 1. The number of hydrogen-bond acceptors (Lipinski definition) is 5. The zero-order chi connectivity index (χ0) is 24.0. The summed E-state index contributed by atoms with van der Waals surface area (Å²) in [6.45, 7) is 13.1. The molecule has 0 aliphatic rings. The zero-order valence-corrected chi connectivity index (χ0v) is 21.9. The molecule has 2 aromatic heterocycles. The predicted octanol–water partition coefficient (Wildman–Crippen LogP) is 5.25. The lowest BCUT2D eigenvalue weighted by Crippen LogP contribution is -2.29. The van der Waals surface area contributed by atoms with Crippen LogP contribution in [0.4, 0.5) is 5.82 Å². The lowest BCUT2D eigenvalue weighted by molar-refractivity contribution is -0.119. The first kappa shape index (κ1) is 25.2. The summed E-state index contributed by atoms with van der Waals surface area (Å²) in [5.74, 6) is 0.965. The molecule has 0 bridgehead atoms. The highest BCUT2D eigenvalue weighted by molar-refractivity contribution is 6.76. The van der Waals surface area contributed by atoms with Crippen LogP contribution in [0.25, 0.3) is 22.2 Å². The maximum atomic E-state index is 11.2. The highest BCUT2D eigenvalue weighted by Gasteiger charge is 2.18. The molecule has 0 radical (unpaired) electrons. The van der Waals surface area contributed by atoms with E-state index in [4.69, 9.17) is 16.3 Å². The van der Waals surface area contributed by atoms with Gasteiger partial charge in [0.2, 0.25) is 5.91 Å². The third-order valence-corrected chi connectivity index (χ3v) is 7.27. The molecule has 178 valence electrons. The van der Waals surface area contributed by atoms with Gasteiger partial charge in [0.1, 0.15) is 24.5 Å². The van der Waals surface area contributed by atoms with Gasteiger partial charge in [-0.1, -0.05) is 50.3 Å². The second kappa shape index (κ2) is 11.1. The Morgan fingerprint density at radius 1 is 1.24 bits per heavy atom. The molecule has 7 nitrogen and oxygen atoms in total. The lowest BCUT2D eigenvalue weighted by Gasteiger charge is -2.16. The lowest BCUT2D eigenvalue weighted by atomic mass is 10.1. The summed E-state index contributed by atoms with van der Waals surface area (Å²) in [6.07, 6.45) is 3.63. The number of carbonyl (C=O) groups excluding carboxylic acids is 1. The molecule has 0 saturated heterocycles. The van der Waals surface area contributed by atoms with E-state index in [-0.39, 0.29) is 11.8 Å². The molecular weight excluding hydrogens is 454 g/mol. The quantitative estimate of drug-likeness (QED) is 0.285. The minimum absolute atomic E-state index is 0.0271. The molecular formula is C24H34ClN5O2Si. The number of amides is 1. The van der Waals surface area contributed by atoms with Crippen molar-refractivity contribution < 1.29 is 9.53 Å². The molecule has 0 spiro atoms. The zero-order valence-electron chi connectivity index (χ0n) is 20.1. The average Bonchev–Trinajstić information content (AvgIpc) is 3.12. The fourth-order valence-electron chi connectivity index (χ4n) is 3.43. The van der Waals surface area contributed by atoms with E-state index in [0.717, 1.165) is 40.6 Å². The molecule has 3 rings (SSSR count). The van der Waals surface area contributed by atoms with E-state index in [9.17, 15) is 4.79 Å². The standard InChI is InChI=1S/C24H34ClN5O2Si/c1-17(12-26-18(2)31)13-27-23-22-21(19-7-6-8-20(25)11-19)14-30(24(22)29-15-28-23)16-32-9-10-33(3,4)5/h6-8,11,14-15,17H,9-10,12-13,16H2,1-5H3,(H,26,31)(H,27,28,29). The monoisotopic (exact) mass is 487 g/mol. The van der Waals surface area contributed by atoms with Crippen molar-refractivity contribution in [2.45, 2.75) is 46.3 Å². The van der Waals surface area contributed by atoms with Gasteiger partial charge in [0.15, 0.2) is 0 Å². The van der Waals surface area contributed by atoms with Crippen molar-refractivity contribution >= 4 is 42.4 Å². The summed E-state index contributed by atoms with van der Waals surface area (Å²) in [5, 5.41) is 7.92. The van der Waals surface area contributed by atoms with Gasteiger partial charge in [0, 0.05) is 51.5 Å². The Morgan fingerprint density at radius 2 is 2.03 bits per heavy atom. The van der Waals surface area contributed by atoms with Crippen LogP contribution < -0.4 is 10.6 Å². The Kier molecular flexibility index (Phi) is 8.50. The highest BCUT2D eigenvalue weighted by atomic mass is 35.5. The van der Waals surface area contributed by atoms with Crippen molar-refractivity contribution in [3.63, 3.8) is 0 Å². The number of rotatable bonds is 11. The molecule has 0 aliphatic carbocycles. The van der Waals surface area contributed by atoms with Gasteiger partial charge in [0.25, 0.3) is 0 Å². The SMILES string of the molecule is CC(=O)NCC(C)CNc1ncnc2c1c(-c1cccc(Cl)c1)cn2COCC[Si](C)(C)C. The topological polar surface area (TPSA) is 81.1 Å². The first-order chi connectivity index (χ1) is 15.6. The maximum Gasteiger partial charge on any atom is 0.216 e. The summed E-state index contributed by atoms with van der Waals surface area (Å²) >= 11 is 6.29. The van der Waals surface area contributed by atoms with Gasteiger partial charge in [-0.3, -0.25) is 4.79 Å². The fourth-order valence-corrected chi connectivity index (χ4v) is 4.38. The number of benzene rings is 1. The summed E-state index contributed by atoms with van der Waals surface area (Å²) in [5.41, 5.74) is 2.81. The van der Waals surface area contributed by atoms with Gasteiger partial charge in [-0.25, -0.2) is 9.97 Å². The second-order valence-electron chi connectivity index (χ2n) is 9.71. The maximum absolute atomic E-state index is 11.2. The first-order valence-corrected chi connectivity index (χ1v) is 15.4. The largest absolute Gasteiger partial charge is 0.369 e. The van der Waals surface area contributed by atoms with E-state index < -0.39 is 8.07 Å². The van der Waals surface area contributed by atoms with E-state index in [1.807, 2.05) is 28.8 Å². The van der Waals surface area contributed by atoms with Gasteiger partial charge in [-0.2, -0.15) is 0 Å². The van der Waals surface area contributed by atoms with Gasteiger partial charge >= 0.3 is 0 Å². The van der Waals surface area contributed by atoms with E-state index in [0.29, 0.717) is 24.8 Å². The Bertz CT molecular complexity index is 1100. The molecule has 1 atom stereocenters. The number of aromatic nitrogens is 3. The molecule has 1 aromatic carbocycles. The van der Waals surface area contributed by atoms with Gasteiger partial charge in [-0.05, 0) is 29.7 Å². The van der Waals surface area contributed by atoms with Gasteiger partial charge in [0.05, 0.1) is 5.39 Å². The summed E-state index contributed by atoms with van der Waals surface area (Å²) < 4.78 is 8.05. The molecule has 3 aromatic rings. The molecule has 1 unspecified atom stereocenters. The number of carbonyl (C=O) groups is 1. The number of nitrogens with zero attached hydrogens (tertiary/aromatic N) is 3. The van der Waals surface area contributed by atoms with Crippen LogP contribution in [0, 0.1) is 5.92 Å². The van der Waals surface area contributed by atoms with Gasteiger partial charge < -0.3 is 19.9 Å². The molecule has 0 aliphatic heterocycles. The molecule has 9 heteroatoms. The average molecular weight is 488 g/mol. The van der Waals surface area contributed by atoms with Crippen molar-refractivity contribution in [3.05, 3.63) is 41.8 Å². The van der Waals surface area contributed by atoms with Crippen LogP contribution in [-0.2, 0) is 16.3 Å². The summed E-state index contributed by atoms with van der Waals surface area (Å²) in [4.78, 5) is 20.3. The van der Waals surface area contributed by atoms with Crippen LogP contribution in [0.2, 0.25) is 30.7 Å². The number of nitrogens with one attached hydrogen (secondary N) is 2. The molecule has 1 amide bonds. The second-order valence-corrected chi connectivity index (χ2v) is 15.8. The van der Waals surface area contributed by atoms with Crippen molar-refractivity contribution in [1.82, 2.24) is 19.9 Å². The third kappa shape index (κ3) is 7.28. The van der Waals surface area contributed by atoms with Crippen LogP contribution in [0.1, 0.15) is 13.8 Å². The highest BCUT2D eigenvalue weighted by Crippen LogP contribution is 2.35. The first-order valence-electron chi connectivity index (χ1n) is 11.3. The van der Waals surface area contributed by atoms with Crippen LogP contribution in [0.15, 0.2) is 36.8 Å². The van der Waals surface area contributed by atoms with E-state index in [1.54, 1.807) is 6.33 Å². The minimum Gasteiger partial charge on any atom is -0.369 e.